The van der Waals surface area contributed by atoms with Crippen molar-refractivity contribution >= 4 is 17.9 Å². The van der Waals surface area contributed by atoms with Gasteiger partial charge in [0.25, 0.3) is 0 Å². The molecule has 0 aromatic heterocycles. The Labute approximate surface area is 148 Å². The third kappa shape index (κ3) is 6.19. The quantitative estimate of drug-likeness (QED) is 0.760. The topological polar surface area (TPSA) is 88.2 Å². The molecule has 2 aliphatic heterocycles. The second-order valence-electron chi connectivity index (χ2n) is 6.56. The number of hydrogen-bond acceptors (Lipinski definition) is 5. The van der Waals surface area contributed by atoms with E-state index in [4.69, 9.17) is 9.47 Å². The number of amides is 3. The molecule has 0 aliphatic carbocycles. The predicted octanol–water partition coefficient (Wildman–Crippen LogP) is 0.751. The lowest BCUT2D eigenvalue weighted by Gasteiger charge is -2.32. The Morgan fingerprint density at radius 2 is 1.96 bits per heavy atom. The van der Waals surface area contributed by atoms with E-state index in [2.05, 4.69) is 5.32 Å². The van der Waals surface area contributed by atoms with E-state index in [0.717, 1.165) is 19.4 Å². The third-order valence-corrected chi connectivity index (χ3v) is 4.61. The molecule has 0 aromatic rings. The van der Waals surface area contributed by atoms with Gasteiger partial charge in [-0.3, -0.25) is 9.59 Å². The fraction of sp³-hybridized carbons (Fsp3) is 0.824. The molecule has 3 amide bonds. The van der Waals surface area contributed by atoms with E-state index in [9.17, 15) is 14.4 Å². The van der Waals surface area contributed by atoms with E-state index < -0.39 is 0 Å². The normalized spacial score (nSPS) is 21.0. The standard InChI is InChI=1S/C17H29N3O5/c1-3-24-17(23)19-8-6-14(7-9-19)18-16(22)12-20(13(2)21)11-15-5-4-10-25-15/h14-15H,3-12H2,1-2H3,(H,18,22). The van der Waals surface area contributed by atoms with Gasteiger partial charge < -0.3 is 24.6 Å². The summed E-state index contributed by atoms with van der Waals surface area (Å²) in [4.78, 5) is 38.9. The van der Waals surface area contributed by atoms with Gasteiger partial charge in [0, 0.05) is 39.2 Å². The first kappa shape index (κ1) is 19.5. The van der Waals surface area contributed by atoms with Crippen molar-refractivity contribution in [1.29, 1.82) is 0 Å². The van der Waals surface area contributed by atoms with Crippen LogP contribution in [0.15, 0.2) is 0 Å². The van der Waals surface area contributed by atoms with Crippen molar-refractivity contribution < 1.29 is 23.9 Å². The summed E-state index contributed by atoms with van der Waals surface area (Å²) in [6, 6.07) is 0.0229. The van der Waals surface area contributed by atoms with Gasteiger partial charge in [-0.25, -0.2) is 4.79 Å². The minimum atomic E-state index is -0.299. The van der Waals surface area contributed by atoms with Crippen LogP contribution < -0.4 is 5.32 Å². The van der Waals surface area contributed by atoms with Crippen LogP contribution in [0.5, 0.6) is 0 Å². The number of hydrogen-bond donors (Lipinski definition) is 1. The molecule has 2 heterocycles. The number of carbonyl (C=O) groups excluding carboxylic acids is 3. The van der Waals surface area contributed by atoms with Crippen molar-refractivity contribution in [2.45, 2.75) is 51.7 Å². The molecule has 0 spiro atoms. The van der Waals surface area contributed by atoms with Crippen LogP contribution in [0.4, 0.5) is 4.79 Å². The monoisotopic (exact) mass is 355 g/mol. The molecule has 0 aromatic carbocycles. The number of nitrogens with zero attached hydrogens (tertiary/aromatic N) is 2. The highest BCUT2D eigenvalue weighted by Crippen LogP contribution is 2.14. The van der Waals surface area contributed by atoms with Crippen LogP contribution in [-0.2, 0) is 19.1 Å². The van der Waals surface area contributed by atoms with E-state index in [1.807, 2.05) is 0 Å². The van der Waals surface area contributed by atoms with Crippen LogP contribution in [0.2, 0.25) is 0 Å². The van der Waals surface area contributed by atoms with E-state index in [1.165, 1.54) is 6.92 Å². The molecule has 2 rings (SSSR count). The second-order valence-corrected chi connectivity index (χ2v) is 6.56. The van der Waals surface area contributed by atoms with Gasteiger partial charge in [-0.2, -0.15) is 0 Å². The summed E-state index contributed by atoms with van der Waals surface area (Å²) >= 11 is 0. The molecular weight excluding hydrogens is 326 g/mol. The van der Waals surface area contributed by atoms with Crippen LogP contribution in [0.3, 0.4) is 0 Å². The van der Waals surface area contributed by atoms with Gasteiger partial charge in [0.05, 0.1) is 19.3 Å². The lowest BCUT2D eigenvalue weighted by molar-refractivity contribution is -0.136. The van der Waals surface area contributed by atoms with Gasteiger partial charge in [0.15, 0.2) is 0 Å². The van der Waals surface area contributed by atoms with Gasteiger partial charge >= 0.3 is 6.09 Å². The summed E-state index contributed by atoms with van der Waals surface area (Å²) < 4.78 is 10.5. The van der Waals surface area contributed by atoms with Crippen molar-refractivity contribution in [3.63, 3.8) is 0 Å². The molecule has 142 valence electrons. The van der Waals surface area contributed by atoms with Gasteiger partial charge in [0.2, 0.25) is 11.8 Å². The number of rotatable bonds is 6. The molecule has 8 nitrogen and oxygen atoms in total. The number of nitrogens with one attached hydrogen (secondary N) is 1. The molecule has 1 unspecified atom stereocenters. The van der Waals surface area contributed by atoms with E-state index in [1.54, 1.807) is 16.7 Å². The van der Waals surface area contributed by atoms with Crippen molar-refractivity contribution in [2.24, 2.45) is 0 Å². The van der Waals surface area contributed by atoms with Gasteiger partial charge in [-0.1, -0.05) is 0 Å². The lowest BCUT2D eigenvalue weighted by Crippen LogP contribution is -2.50. The molecular formula is C17H29N3O5. The van der Waals surface area contributed by atoms with Crippen LogP contribution >= 0.6 is 0 Å². The van der Waals surface area contributed by atoms with Crippen LogP contribution in [0, 0.1) is 0 Å². The maximum Gasteiger partial charge on any atom is 0.409 e. The number of likely N-dealkylation sites (tertiary alicyclic amines) is 1. The van der Waals surface area contributed by atoms with E-state index in [0.29, 0.717) is 39.1 Å². The van der Waals surface area contributed by atoms with E-state index >= 15 is 0 Å². The summed E-state index contributed by atoms with van der Waals surface area (Å²) in [6.07, 6.45) is 3.04. The first-order chi connectivity index (χ1) is 12.0. The SMILES string of the molecule is CCOC(=O)N1CCC(NC(=O)CN(CC2CCCO2)C(C)=O)CC1. The Morgan fingerprint density at radius 1 is 1.24 bits per heavy atom. The number of piperidine rings is 1. The highest BCUT2D eigenvalue weighted by Gasteiger charge is 2.26. The second kappa shape index (κ2) is 9.60. The molecule has 1 atom stereocenters. The molecule has 2 aliphatic rings. The largest absolute Gasteiger partial charge is 0.450 e. The maximum atomic E-state index is 12.3. The summed E-state index contributed by atoms with van der Waals surface area (Å²) in [7, 11) is 0. The molecule has 25 heavy (non-hydrogen) atoms. The molecule has 2 fully saturated rings. The summed E-state index contributed by atoms with van der Waals surface area (Å²) in [5.74, 6) is -0.287. The molecule has 0 saturated carbocycles. The highest BCUT2D eigenvalue weighted by atomic mass is 16.6. The van der Waals surface area contributed by atoms with Crippen molar-refractivity contribution in [3.05, 3.63) is 0 Å². The van der Waals surface area contributed by atoms with Crippen LogP contribution in [-0.4, -0.2) is 79.2 Å². The van der Waals surface area contributed by atoms with Gasteiger partial charge in [-0.15, -0.1) is 0 Å². The minimum Gasteiger partial charge on any atom is -0.450 e. The first-order valence-corrected chi connectivity index (χ1v) is 9.07. The average molecular weight is 355 g/mol. The average Bonchev–Trinajstić information content (AvgIpc) is 3.08. The molecule has 2 saturated heterocycles. The molecule has 8 heteroatoms. The fourth-order valence-electron chi connectivity index (χ4n) is 3.21. The van der Waals surface area contributed by atoms with E-state index in [-0.39, 0.29) is 36.6 Å². The predicted molar refractivity (Wildman–Crippen MR) is 91.0 cm³/mol. The summed E-state index contributed by atoms with van der Waals surface area (Å²) in [6.45, 7) is 5.98. The van der Waals surface area contributed by atoms with Crippen LogP contribution in [0.1, 0.15) is 39.5 Å². The number of ether oxygens (including phenoxy) is 2. The minimum absolute atomic E-state index is 0.0229. The summed E-state index contributed by atoms with van der Waals surface area (Å²) in [5, 5.41) is 2.97. The lowest BCUT2D eigenvalue weighted by atomic mass is 10.1. The Hall–Kier alpha value is -1.83. The van der Waals surface area contributed by atoms with Crippen molar-refractivity contribution in [3.8, 4) is 0 Å². The Bertz CT molecular complexity index is 471. The number of carbonyl (C=O) groups is 3. The zero-order valence-corrected chi connectivity index (χ0v) is 15.2. The Kier molecular flexibility index (Phi) is 7.49. The Balaban J connectivity index is 1.73. The smallest absolute Gasteiger partial charge is 0.409 e. The first-order valence-electron chi connectivity index (χ1n) is 9.07. The summed E-state index contributed by atoms with van der Waals surface area (Å²) in [5.41, 5.74) is 0. The molecule has 1 N–H and O–H groups in total. The van der Waals surface area contributed by atoms with Crippen LogP contribution in [0.25, 0.3) is 0 Å². The van der Waals surface area contributed by atoms with Gasteiger partial charge in [0.1, 0.15) is 0 Å². The highest BCUT2D eigenvalue weighted by molar-refractivity contribution is 5.84. The zero-order valence-electron chi connectivity index (χ0n) is 15.2. The third-order valence-electron chi connectivity index (χ3n) is 4.61. The maximum absolute atomic E-state index is 12.3. The molecule has 0 bridgehead atoms. The van der Waals surface area contributed by atoms with Crippen molar-refractivity contribution in [2.75, 3.05) is 39.4 Å². The van der Waals surface area contributed by atoms with Gasteiger partial charge in [-0.05, 0) is 32.6 Å². The van der Waals surface area contributed by atoms with Crippen molar-refractivity contribution in [1.82, 2.24) is 15.1 Å². The zero-order chi connectivity index (χ0) is 18.2. The molecule has 0 radical (unpaired) electrons. The Morgan fingerprint density at radius 3 is 2.52 bits per heavy atom. The fourth-order valence-corrected chi connectivity index (χ4v) is 3.21.